The number of carboxylic acid groups (broad SMARTS) is 1. The zero-order valence-corrected chi connectivity index (χ0v) is 10.1. The summed E-state index contributed by atoms with van der Waals surface area (Å²) in [6.07, 6.45) is 4.90. The van der Waals surface area contributed by atoms with E-state index in [1.165, 1.54) is 19.3 Å². The van der Waals surface area contributed by atoms with Gasteiger partial charge in [-0.05, 0) is 32.6 Å². The normalized spacial score (nSPS) is 15.9. The lowest BCUT2D eigenvalue weighted by Crippen LogP contribution is -2.33. The molecule has 1 rings (SSSR count). The van der Waals surface area contributed by atoms with Gasteiger partial charge in [-0.15, -0.1) is 0 Å². The quantitative estimate of drug-likeness (QED) is 0.652. The fourth-order valence-electron chi connectivity index (χ4n) is 1.56. The zero-order chi connectivity index (χ0) is 12.2. The Kier molecular flexibility index (Phi) is 4.33. The summed E-state index contributed by atoms with van der Waals surface area (Å²) in [4.78, 5) is 22.3. The van der Waals surface area contributed by atoms with E-state index in [9.17, 15) is 9.59 Å². The Labute approximate surface area is 96.4 Å². The Morgan fingerprint density at radius 3 is 2.50 bits per heavy atom. The van der Waals surface area contributed by atoms with Crippen LogP contribution in [0.1, 0.15) is 46.0 Å². The summed E-state index contributed by atoms with van der Waals surface area (Å²) in [5, 5.41) is 11.6. The summed E-state index contributed by atoms with van der Waals surface area (Å²) in [6, 6.07) is 0. The molecule has 0 aromatic rings. The molecule has 1 saturated carbocycles. The predicted octanol–water partition coefficient (Wildman–Crippen LogP) is 1.79. The first kappa shape index (κ1) is 13.0. The van der Waals surface area contributed by atoms with Crippen molar-refractivity contribution in [3.05, 3.63) is 0 Å². The summed E-state index contributed by atoms with van der Waals surface area (Å²) in [7, 11) is 0. The number of carbonyl (C=O) groups excluding carboxylic acids is 1. The van der Waals surface area contributed by atoms with Gasteiger partial charge in [0.2, 0.25) is 5.91 Å². The molecule has 2 N–H and O–H groups in total. The average Bonchev–Trinajstić information content (AvgIpc) is 2.95. The molecule has 92 valence electrons. The minimum atomic E-state index is -0.972. The summed E-state index contributed by atoms with van der Waals surface area (Å²) in [6.45, 7) is 3.81. The van der Waals surface area contributed by atoms with Gasteiger partial charge in [-0.25, -0.2) is 0 Å². The van der Waals surface area contributed by atoms with Gasteiger partial charge in [0.05, 0.1) is 5.41 Å². The Balaban J connectivity index is 2.11. The number of hydrogen-bond donors (Lipinski definition) is 2. The molecule has 1 fully saturated rings. The van der Waals surface area contributed by atoms with Crippen LogP contribution in [0.25, 0.3) is 0 Å². The molecule has 1 amide bonds. The second-order valence-electron chi connectivity index (χ2n) is 5.30. The topological polar surface area (TPSA) is 66.4 Å². The third kappa shape index (κ3) is 4.64. The van der Waals surface area contributed by atoms with Gasteiger partial charge in [-0.3, -0.25) is 9.59 Å². The molecule has 0 spiro atoms. The van der Waals surface area contributed by atoms with E-state index in [4.69, 9.17) is 5.11 Å². The van der Waals surface area contributed by atoms with Crippen LogP contribution in [0, 0.1) is 11.3 Å². The van der Waals surface area contributed by atoms with Gasteiger partial charge in [0.15, 0.2) is 0 Å². The van der Waals surface area contributed by atoms with Crippen LogP contribution in [-0.2, 0) is 9.59 Å². The lowest BCUT2D eigenvalue weighted by atomic mass is 9.89. The fourth-order valence-corrected chi connectivity index (χ4v) is 1.56. The van der Waals surface area contributed by atoms with Crippen molar-refractivity contribution < 1.29 is 14.7 Å². The first-order valence-corrected chi connectivity index (χ1v) is 5.92. The van der Waals surface area contributed by atoms with Gasteiger partial charge in [-0.1, -0.05) is 12.8 Å². The maximum Gasteiger partial charge on any atom is 0.309 e. The highest BCUT2D eigenvalue weighted by Crippen LogP contribution is 2.33. The molecule has 0 bridgehead atoms. The molecule has 0 aromatic carbocycles. The molecule has 16 heavy (non-hydrogen) atoms. The molecule has 0 aliphatic heterocycles. The van der Waals surface area contributed by atoms with E-state index in [-0.39, 0.29) is 12.3 Å². The lowest BCUT2D eigenvalue weighted by Gasteiger charge is -2.18. The Hall–Kier alpha value is -1.06. The zero-order valence-electron chi connectivity index (χ0n) is 10.1. The number of carbonyl (C=O) groups is 2. The van der Waals surface area contributed by atoms with Crippen molar-refractivity contribution in [2.75, 3.05) is 6.54 Å². The summed E-state index contributed by atoms with van der Waals surface area (Å²) in [5.41, 5.74) is -0.972. The van der Waals surface area contributed by atoms with Crippen molar-refractivity contribution in [2.45, 2.75) is 46.0 Å². The monoisotopic (exact) mass is 227 g/mol. The van der Waals surface area contributed by atoms with E-state index < -0.39 is 11.4 Å². The van der Waals surface area contributed by atoms with Crippen LogP contribution in [0.4, 0.5) is 0 Å². The first-order valence-electron chi connectivity index (χ1n) is 5.92. The standard InChI is InChI=1S/C12H21NO3/c1-12(2,11(15)16)8-10(14)13-7-3-4-9-5-6-9/h9H,3-8H2,1-2H3,(H,13,14)(H,15,16). The Bertz CT molecular complexity index is 269. The van der Waals surface area contributed by atoms with Gasteiger partial charge >= 0.3 is 5.97 Å². The predicted molar refractivity (Wildman–Crippen MR) is 61.0 cm³/mol. The summed E-state index contributed by atoms with van der Waals surface area (Å²) < 4.78 is 0. The highest BCUT2D eigenvalue weighted by molar-refractivity contribution is 5.84. The van der Waals surface area contributed by atoms with Crippen molar-refractivity contribution in [3.8, 4) is 0 Å². The average molecular weight is 227 g/mol. The van der Waals surface area contributed by atoms with Crippen molar-refractivity contribution in [1.29, 1.82) is 0 Å². The number of rotatable bonds is 7. The minimum absolute atomic E-state index is 0.0474. The van der Waals surface area contributed by atoms with Gasteiger partial charge in [0, 0.05) is 13.0 Å². The molecule has 0 radical (unpaired) electrons. The number of aliphatic carboxylic acids is 1. The van der Waals surface area contributed by atoms with Crippen LogP contribution in [0.2, 0.25) is 0 Å². The smallest absolute Gasteiger partial charge is 0.309 e. The molecule has 1 aliphatic carbocycles. The maximum atomic E-state index is 11.4. The minimum Gasteiger partial charge on any atom is -0.481 e. The Morgan fingerprint density at radius 1 is 1.38 bits per heavy atom. The first-order chi connectivity index (χ1) is 7.42. The maximum absolute atomic E-state index is 11.4. The molecular formula is C12H21NO3. The molecule has 0 heterocycles. The highest BCUT2D eigenvalue weighted by Gasteiger charge is 2.30. The molecule has 0 aromatic heterocycles. The van der Waals surface area contributed by atoms with E-state index >= 15 is 0 Å². The second-order valence-corrected chi connectivity index (χ2v) is 5.30. The van der Waals surface area contributed by atoms with Crippen LogP contribution < -0.4 is 5.32 Å². The Morgan fingerprint density at radius 2 is 2.00 bits per heavy atom. The van der Waals surface area contributed by atoms with E-state index in [0.29, 0.717) is 6.54 Å². The second kappa shape index (κ2) is 5.32. The fraction of sp³-hybridized carbons (Fsp3) is 0.833. The number of hydrogen-bond acceptors (Lipinski definition) is 2. The van der Waals surface area contributed by atoms with Crippen molar-refractivity contribution in [3.63, 3.8) is 0 Å². The lowest BCUT2D eigenvalue weighted by molar-refractivity contribution is -0.149. The van der Waals surface area contributed by atoms with Crippen molar-refractivity contribution >= 4 is 11.9 Å². The SMILES string of the molecule is CC(C)(CC(=O)NCCCC1CC1)C(=O)O. The third-order valence-corrected chi connectivity index (χ3v) is 2.99. The van der Waals surface area contributed by atoms with Gasteiger partial charge in [0.25, 0.3) is 0 Å². The molecule has 1 aliphatic rings. The summed E-state index contributed by atoms with van der Waals surface area (Å²) >= 11 is 0. The molecule has 4 nitrogen and oxygen atoms in total. The largest absolute Gasteiger partial charge is 0.481 e. The van der Waals surface area contributed by atoms with Crippen LogP contribution in [-0.4, -0.2) is 23.5 Å². The number of carboxylic acids is 1. The van der Waals surface area contributed by atoms with Gasteiger partial charge < -0.3 is 10.4 Å². The highest BCUT2D eigenvalue weighted by atomic mass is 16.4. The molecule has 4 heteroatoms. The number of nitrogens with one attached hydrogen (secondary N) is 1. The molecular weight excluding hydrogens is 206 g/mol. The van der Waals surface area contributed by atoms with Crippen LogP contribution in [0.3, 0.4) is 0 Å². The summed E-state index contributed by atoms with van der Waals surface area (Å²) in [5.74, 6) is -0.212. The van der Waals surface area contributed by atoms with Crippen molar-refractivity contribution in [1.82, 2.24) is 5.32 Å². The van der Waals surface area contributed by atoms with E-state index in [0.717, 1.165) is 12.3 Å². The molecule has 0 saturated heterocycles. The third-order valence-electron chi connectivity index (χ3n) is 2.99. The molecule has 0 atom stereocenters. The van der Waals surface area contributed by atoms with E-state index in [2.05, 4.69) is 5.32 Å². The number of amides is 1. The van der Waals surface area contributed by atoms with E-state index in [1.807, 2.05) is 0 Å². The van der Waals surface area contributed by atoms with Crippen LogP contribution >= 0.6 is 0 Å². The van der Waals surface area contributed by atoms with Crippen LogP contribution in [0.5, 0.6) is 0 Å². The van der Waals surface area contributed by atoms with Crippen molar-refractivity contribution in [2.24, 2.45) is 11.3 Å². The molecule has 0 unspecified atom stereocenters. The van der Waals surface area contributed by atoms with E-state index in [1.54, 1.807) is 13.8 Å². The van der Waals surface area contributed by atoms with Gasteiger partial charge in [-0.2, -0.15) is 0 Å². The van der Waals surface area contributed by atoms with Crippen LogP contribution in [0.15, 0.2) is 0 Å². The van der Waals surface area contributed by atoms with Gasteiger partial charge in [0.1, 0.15) is 0 Å².